The van der Waals surface area contributed by atoms with Gasteiger partial charge in [-0.1, -0.05) is 31.7 Å². The van der Waals surface area contributed by atoms with E-state index < -0.39 is 5.92 Å². The topological polar surface area (TPSA) is 178 Å². The van der Waals surface area contributed by atoms with Crippen LogP contribution in [-0.2, 0) is 16.0 Å². The van der Waals surface area contributed by atoms with Crippen LogP contribution in [0, 0.1) is 24.7 Å². The molecule has 1 amide bonds. The highest BCUT2D eigenvalue weighted by Gasteiger charge is 2.30. The Morgan fingerprint density at radius 1 is 1.02 bits per heavy atom. The van der Waals surface area contributed by atoms with E-state index in [2.05, 4.69) is 35.9 Å². The number of nitrogens with one attached hydrogen (secondary N) is 2. The van der Waals surface area contributed by atoms with Crippen LogP contribution in [0.5, 0.6) is 0 Å². The molecule has 2 heterocycles. The summed E-state index contributed by atoms with van der Waals surface area (Å²) in [5, 5.41) is 17.0. The quantitative estimate of drug-likeness (QED) is 0.216. The summed E-state index contributed by atoms with van der Waals surface area (Å²) in [5.74, 6) is 0.634. The lowest BCUT2D eigenvalue weighted by Gasteiger charge is -2.27. The van der Waals surface area contributed by atoms with Gasteiger partial charge < -0.3 is 16.8 Å². The fourth-order valence-corrected chi connectivity index (χ4v) is 5.49. The summed E-state index contributed by atoms with van der Waals surface area (Å²) < 4.78 is 0. The van der Waals surface area contributed by atoms with E-state index in [0.29, 0.717) is 30.4 Å². The molecule has 2 aromatic carbocycles. The maximum Gasteiger partial charge on any atom is 0.228 e. The van der Waals surface area contributed by atoms with Crippen molar-refractivity contribution >= 4 is 23.3 Å². The Balaban J connectivity index is 0.00000405. The Labute approximate surface area is 245 Å². The molecule has 6 N–H and O–H groups in total. The average molecular weight is 570 g/mol. The van der Waals surface area contributed by atoms with E-state index >= 15 is 0 Å². The number of ketones is 1. The van der Waals surface area contributed by atoms with Gasteiger partial charge in [0.15, 0.2) is 0 Å². The number of tetrazole rings is 1. The summed E-state index contributed by atoms with van der Waals surface area (Å²) in [6.45, 7) is 2.55. The maximum absolute atomic E-state index is 13.6. The molecular formula is C31H39N9O2. The van der Waals surface area contributed by atoms with Crippen molar-refractivity contribution in [2.45, 2.75) is 52.9 Å². The first-order chi connectivity index (χ1) is 19.9. The monoisotopic (exact) mass is 569 g/mol. The summed E-state index contributed by atoms with van der Waals surface area (Å²) in [4.78, 5) is 35.3. The molecule has 0 radical (unpaired) electrons. The van der Waals surface area contributed by atoms with Crippen molar-refractivity contribution in [2.24, 2.45) is 23.5 Å². The predicted octanol–water partition coefficient (Wildman–Crippen LogP) is 4.37. The number of Topliss-reactive ketones (excluding diaryl/α,β-unsaturated/α-hetero) is 1. The van der Waals surface area contributed by atoms with Crippen LogP contribution < -0.4 is 16.8 Å². The van der Waals surface area contributed by atoms with Crippen LogP contribution in [0.3, 0.4) is 0 Å². The lowest BCUT2D eigenvalue weighted by atomic mass is 9.77. The van der Waals surface area contributed by atoms with Crippen molar-refractivity contribution in [1.29, 1.82) is 0 Å². The molecule has 220 valence electrons. The summed E-state index contributed by atoms with van der Waals surface area (Å²) in [7, 11) is 0. The van der Waals surface area contributed by atoms with E-state index in [9.17, 15) is 9.59 Å². The minimum atomic E-state index is -0.515. The highest BCUT2D eigenvalue weighted by atomic mass is 16.2. The number of benzene rings is 2. The number of nitrogens with zero attached hydrogens (tertiary/aromatic N) is 5. The number of hydrogen-bond donors (Lipinski definition) is 4. The Hall–Kier alpha value is -4.51. The minimum absolute atomic E-state index is 0. The number of nitrogen functional groups attached to an aromatic ring is 1. The number of aromatic amines is 1. The van der Waals surface area contributed by atoms with Gasteiger partial charge in [-0.25, -0.2) is 9.97 Å². The van der Waals surface area contributed by atoms with Crippen molar-refractivity contribution < 1.29 is 9.59 Å². The molecule has 0 aliphatic heterocycles. The predicted molar refractivity (Wildman–Crippen MR) is 163 cm³/mol. The second-order valence-corrected chi connectivity index (χ2v) is 10.8. The van der Waals surface area contributed by atoms with Gasteiger partial charge in [0.05, 0.1) is 5.69 Å². The standard InChI is InChI=1S/C30H35N9O2.CH4/c1-18-26(17-33-30(32)34-18)21-6-2-19(3-7-21)14-24(15-27(40)22-8-4-20(16-31)5-9-22)29(41)35-25-12-10-23(11-13-25)28-36-38-39-37-28;/h2-3,6-7,10-13,17,20,22,24H,4-5,8-9,14-16,31H2,1H3,(H,35,41)(H2,32,33,34)(H,36,37,38,39);1H4/t20?,22?,24-;/m1./s1. The van der Waals surface area contributed by atoms with E-state index in [1.165, 1.54) is 0 Å². The van der Waals surface area contributed by atoms with Crippen LogP contribution in [0.4, 0.5) is 11.6 Å². The van der Waals surface area contributed by atoms with Gasteiger partial charge in [-0.2, -0.15) is 5.21 Å². The summed E-state index contributed by atoms with van der Waals surface area (Å²) in [6.07, 6.45) is 5.95. The van der Waals surface area contributed by atoms with E-state index in [-0.39, 0.29) is 37.4 Å². The molecule has 42 heavy (non-hydrogen) atoms. The number of aryl methyl sites for hydroxylation is 1. The van der Waals surface area contributed by atoms with Gasteiger partial charge in [0.1, 0.15) is 5.78 Å². The first-order valence-corrected chi connectivity index (χ1v) is 14.0. The van der Waals surface area contributed by atoms with Crippen molar-refractivity contribution in [3.63, 3.8) is 0 Å². The van der Waals surface area contributed by atoms with Gasteiger partial charge in [-0.3, -0.25) is 9.59 Å². The summed E-state index contributed by atoms with van der Waals surface area (Å²) in [6, 6.07) is 15.2. The number of anilines is 2. The molecule has 4 aromatic rings. The van der Waals surface area contributed by atoms with Gasteiger partial charge in [-0.05, 0) is 92.1 Å². The number of nitrogens with two attached hydrogens (primary N) is 2. The van der Waals surface area contributed by atoms with Gasteiger partial charge in [0.25, 0.3) is 0 Å². The van der Waals surface area contributed by atoms with Gasteiger partial charge in [0, 0.05) is 41.3 Å². The SMILES string of the molecule is C.Cc1nc(N)ncc1-c1ccc(C[C@H](CC(=O)C2CCC(CN)CC2)C(=O)Nc2ccc(-c3nn[nH]n3)cc2)cc1. The third-order valence-electron chi connectivity index (χ3n) is 7.95. The smallest absolute Gasteiger partial charge is 0.228 e. The van der Waals surface area contributed by atoms with Gasteiger partial charge >= 0.3 is 0 Å². The molecule has 0 saturated heterocycles. The van der Waals surface area contributed by atoms with Crippen LogP contribution in [0.25, 0.3) is 22.5 Å². The molecule has 1 fully saturated rings. The number of carbonyl (C=O) groups excluding carboxylic acids is 2. The highest BCUT2D eigenvalue weighted by molar-refractivity contribution is 5.96. The lowest BCUT2D eigenvalue weighted by Crippen LogP contribution is -2.31. The normalized spacial score (nSPS) is 17.2. The molecule has 0 unspecified atom stereocenters. The minimum Gasteiger partial charge on any atom is -0.368 e. The fraction of sp³-hybridized carbons (Fsp3) is 0.387. The number of hydrogen-bond acceptors (Lipinski definition) is 9. The largest absolute Gasteiger partial charge is 0.368 e. The molecule has 1 atom stereocenters. The second-order valence-electron chi connectivity index (χ2n) is 10.8. The third kappa shape index (κ3) is 7.41. The number of amides is 1. The van der Waals surface area contributed by atoms with E-state index in [4.69, 9.17) is 11.5 Å². The molecule has 5 rings (SSSR count). The van der Waals surface area contributed by atoms with Crippen molar-refractivity contribution in [1.82, 2.24) is 30.6 Å². The molecule has 2 aromatic heterocycles. The molecular weight excluding hydrogens is 530 g/mol. The van der Waals surface area contributed by atoms with E-state index in [1.54, 1.807) is 18.3 Å². The molecule has 1 aliphatic rings. The maximum atomic E-state index is 13.6. The van der Waals surface area contributed by atoms with Crippen LogP contribution in [0.2, 0.25) is 0 Å². The van der Waals surface area contributed by atoms with Crippen molar-refractivity contribution in [2.75, 3.05) is 17.6 Å². The van der Waals surface area contributed by atoms with Gasteiger partial charge in [0.2, 0.25) is 17.7 Å². The molecule has 1 aliphatic carbocycles. The molecule has 0 bridgehead atoms. The number of carbonyl (C=O) groups is 2. The van der Waals surface area contributed by atoms with E-state index in [1.807, 2.05) is 43.3 Å². The van der Waals surface area contributed by atoms with Crippen LogP contribution in [0.15, 0.2) is 54.7 Å². The van der Waals surface area contributed by atoms with Crippen LogP contribution >= 0.6 is 0 Å². The fourth-order valence-electron chi connectivity index (χ4n) is 5.49. The number of H-pyrrole nitrogens is 1. The highest BCUT2D eigenvalue weighted by Crippen LogP contribution is 2.31. The van der Waals surface area contributed by atoms with Crippen LogP contribution in [0.1, 0.15) is 50.8 Å². The van der Waals surface area contributed by atoms with Crippen molar-refractivity contribution in [3.8, 4) is 22.5 Å². The average Bonchev–Trinajstić information content (AvgIpc) is 3.53. The first kappa shape index (κ1) is 30.4. The molecule has 1 saturated carbocycles. The summed E-state index contributed by atoms with van der Waals surface area (Å²) in [5.41, 5.74) is 16.6. The third-order valence-corrected chi connectivity index (χ3v) is 7.95. The zero-order valence-corrected chi connectivity index (χ0v) is 23.1. The number of rotatable bonds is 10. The van der Waals surface area contributed by atoms with Crippen molar-refractivity contribution in [3.05, 3.63) is 66.0 Å². The van der Waals surface area contributed by atoms with E-state index in [0.717, 1.165) is 53.6 Å². The van der Waals surface area contributed by atoms with Crippen LogP contribution in [-0.4, -0.2) is 48.8 Å². The Kier molecular flexibility index (Phi) is 10.1. The first-order valence-electron chi connectivity index (χ1n) is 14.0. The number of aromatic nitrogens is 6. The zero-order valence-electron chi connectivity index (χ0n) is 23.1. The lowest BCUT2D eigenvalue weighted by molar-refractivity contribution is -0.129. The zero-order chi connectivity index (χ0) is 28.8. The molecule has 11 heteroatoms. The Morgan fingerprint density at radius 3 is 2.33 bits per heavy atom. The summed E-state index contributed by atoms with van der Waals surface area (Å²) >= 11 is 0. The van der Waals surface area contributed by atoms with Gasteiger partial charge in [-0.15, -0.1) is 10.2 Å². The Morgan fingerprint density at radius 2 is 1.71 bits per heavy atom. The molecule has 0 spiro atoms. The Bertz CT molecular complexity index is 1460. The molecule has 11 nitrogen and oxygen atoms in total. The second kappa shape index (κ2) is 13.9.